The summed E-state index contributed by atoms with van der Waals surface area (Å²) in [7, 11) is 0. The molecule has 0 spiro atoms. The van der Waals surface area contributed by atoms with Crippen LogP contribution in [0.25, 0.3) is 0 Å². The lowest BCUT2D eigenvalue weighted by Crippen LogP contribution is -2.44. The van der Waals surface area contributed by atoms with Crippen molar-refractivity contribution in [3.8, 4) is 0 Å². The zero-order chi connectivity index (χ0) is 13.9. The molecule has 1 nitrogen and oxygen atoms in total. The first-order chi connectivity index (χ1) is 7.34. The minimum atomic E-state index is -5.50. The van der Waals surface area contributed by atoms with Gasteiger partial charge >= 0.3 is 18.4 Å². The second-order valence-corrected chi connectivity index (χ2v) is 12.3. The Morgan fingerprint density at radius 3 is 1.65 bits per heavy atom. The first-order valence-electron chi connectivity index (χ1n) is 4.16. The van der Waals surface area contributed by atoms with Gasteiger partial charge in [-0.2, -0.15) is 26.3 Å². The van der Waals surface area contributed by atoms with E-state index in [1.54, 1.807) is 0 Å². The van der Waals surface area contributed by atoms with Crippen LogP contribution in [-0.2, 0) is 4.74 Å². The molecule has 0 aliphatic rings. The first kappa shape index (κ1) is 17.6. The Bertz CT molecular complexity index is 223. The van der Waals surface area contributed by atoms with Crippen LogP contribution in [0.2, 0.25) is 6.04 Å². The van der Waals surface area contributed by atoms with E-state index in [9.17, 15) is 26.3 Å². The molecule has 104 valence electrons. The van der Waals surface area contributed by atoms with Gasteiger partial charge in [-0.15, -0.1) is 33.2 Å². The predicted molar refractivity (Wildman–Crippen MR) is 54.6 cm³/mol. The van der Waals surface area contributed by atoms with Crippen LogP contribution >= 0.6 is 33.2 Å². The third-order valence-corrected chi connectivity index (χ3v) is 4.11. The van der Waals surface area contributed by atoms with Crippen molar-refractivity contribution in [1.29, 1.82) is 0 Å². The molecule has 0 heterocycles. The van der Waals surface area contributed by atoms with E-state index in [0.29, 0.717) is 0 Å². The molecule has 0 saturated carbocycles. The number of halogens is 9. The molecule has 0 bridgehead atoms. The number of alkyl halides is 6. The van der Waals surface area contributed by atoms with Crippen LogP contribution in [0.5, 0.6) is 0 Å². The normalized spacial score (nSPS) is 14.5. The monoisotopic (exact) mass is 342 g/mol. The van der Waals surface area contributed by atoms with E-state index >= 15 is 0 Å². The fourth-order valence-electron chi connectivity index (χ4n) is 0.848. The van der Waals surface area contributed by atoms with Crippen molar-refractivity contribution < 1.29 is 31.1 Å². The van der Waals surface area contributed by atoms with E-state index in [4.69, 9.17) is 33.2 Å². The molecule has 0 amide bonds. The van der Waals surface area contributed by atoms with Crippen molar-refractivity contribution in [2.75, 3.05) is 6.61 Å². The molecule has 0 fully saturated rings. The molecule has 0 saturated heterocycles. The molecule has 0 atom stereocenters. The lowest BCUT2D eigenvalue weighted by atomic mass is 10.3. The molecule has 0 aromatic rings. The van der Waals surface area contributed by atoms with Gasteiger partial charge in [0.25, 0.3) is 0 Å². The Balaban J connectivity index is 4.22. The zero-order valence-corrected chi connectivity index (χ0v) is 11.3. The maximum atomic E-state index is 12.0. The molecular weight excluding hydrogens is 336 g/mol. The van der Waals surface area contributed by atoms with Crippen LogP contribution in [0.15, 0.2) is 0 Å². The average Bonchev–Trinajstić information content (AvgIpc) is 1.95. The summed E-state index contributed by atoms with van der Waals surface area (Å²) >= 11 is 16.2. The van der Waals surface area contributed by atoms with E-state index in [1.807, 2.05) is 0 Å². The highest BCUT2D eigenvalue weighted by molar-refractivity contribution is 7.64. The second kappa shape index (κ2) is 6.18. The van der Waals surface area contributed by atoms with Crippen molar-refractivity contribution in [3.63, 3.8) is 0 Å². The van der Waals surface area contributed by atoms with Crippen LogP contribution in [0, 0.1) is 0 Å². The molecule has 0 aromatic heterocycles. The summed E-state index contributed by atoms with van der Waals surface area (Å²) in [5.41, 5.74) is 0. The minimum Gasteiger partial charge on any atom is -0.361 e. The van der Waals surface area contributed by atoms with E-state index in [2.05, 4.69) is 4.74 Å². The number of ether oxygens (including phenoxy) is 1. The van der Waals surface area contributed by atoms with Gasteiger partial charge in [-0.05, 0) is 12.5 Å². The Labute approximate surface area is 108 Å². The van der Waals surface area contributed by atoms with Crippen molar-refractivity contribution in [2.24, 2.45) is 0 Å². The molecule has 0 N–H and O–H groups in total. The Morgan fingerprint density at radius 1 is 0.941 bits per heavy atom. The summed E-state index contributed by atoms with van der Waals surface area (Å²) in [4.78, 5) is 0. The van der Waals surface area contributed by atoms with E-state index in [-0.39, 0.29) is 12.5 Å². The standard InChI is InChI=1S/C6H7Cl3F6OSi/c7-17(8,9)3-1-2-16-4(5(10,11)12)6(13,14)15/h4H,1-3H2. The maximum absolute atomic E-state index is 12.0. The number of hydrogen-bond acceptors (Lipinski definition) is 1. The number of hydrogen-bond donors (Lipinski definition) is 0. The zero-order valence-electron chi connectivity index (χ0n) is 8.01. The van der Waals surface area contributed by atoms with Gasteiger partial charge in [-0.3, -0.25) is 0 Å². The topological polar surface area (TPSA) is 9.23 Å². The Hall–Kier alpha value is 0.627. The van der Waals surface area contributed by atoms with Crippen LogP contribution in [-0.4, -0.2) is 31.1 Å². The van der Waals surface area contributed by atoms with E-state index < -0.39 is 31.1 Å². The molecular formula is C6H7Cl3F6OSi. The van der Waals surface area contributed by atoms with Crippen LogP contribution in [0.3, 0.4) is 0 Å². The smallest absolute Gasteiger partial charge is 0.361 e. The van der Waals surface area contributed by atoms with Gasteiger partial charge in [0.2, 0.25) is 6.10 Å². The highest BCUT2D eigenvalue weighted by Crippen LogP contribution is 2.36. The molecule has 11 heteroatoms. The third kappa shape index (κ3) is 8.36. The molecule has 0 aliphatic heterocycles. The Kier molecular flexibility index (Phi) is 6.41. The van der Waals surface area contributed by atoms with Gasteiger partial charge in [0.15, 0.2) is 0 Å². The SMILES string of the molecule is FC(F)(F)C(OCCC[Si](Cl)(Cl)Cl)C(F)(F)F. The minimum absolute atomic E-state index is 0.0693. The lowest BCUT2D eigenvalue weighted by molar-refractivity contribution is -0.321. The van der Waals surface area contributed by atoms with Crippen molar-refractivity contribution in [2.45, 2.75) is 30.9 Å². The van der Waals surface area contributed by atoms with Crippen molar-refractivity contribution in [3.05, 3.63) is 0 Å². The van der Waals surface area contributed by atoms with Crippen LogP contribution in [0.4, 0.5) is 26.3 Å². The summed E-state index contributed by atoms with van der Waals surface area (Å²) in [6.07, 6.45) is -15.0. The number of rotatable bonds is 5. The maximum Gasteiger partial charge on any atom is 0.423 e. The third-order valence-electron chi connectivity index (χ3n) is 1.48. The van der Waals surface area contributed by atoms with Crippen molar-refractivity contribution >= 4 is 39.2 Å². The quantitative estimate of drug-likeness (QED) is 0.308. The van der Waals surface area contributed by atoms with Crippen LogP contribution in [0.1, 0.15) is 6.42 Å². The van der Waals surface area contributed by atoms with Gasteiger partial charge in [-0.1, -0.05) is 0 Å². The molecule has 0 aliphatic carbocycles. The largest absolute Gasteiger partial charge is 0.423 e. The summed E-state index contributed by atoms with van der Waals surface area (Å²) in [5, 5.41) is 0. The fraction of sp³-hybridized carbons (Fsp3) is 1.00. The molecule has 0 aromatic carbocycles. The fourth-order valence-corrected chi connectivity index (χ4v) is 2.60. The molecule has 0 unspecified atom stereocenters. The molecule has 17 heavy (non-hydrogen) atoms. The molecule has 0 radical (unpaired) electrons. The summed E-state index contributed by atoms with van der Waals surface area (Å²) in [5.74, 6) is 0. The van der Waals surface area contributed by atoms with Gasteiger partial charge < -0.3 is 4.74 Å². The van der Waals surface area contributed by atoms with Gasteiger partial charge in [-0.25, -0.2) is 0 Å². The first-order valence-corrected chi connectivity index (χ1v) is 9.40. The molecule has 0 rings (SSSR count). The van der Waals surface area contributed by atoms with Gasteiger partial charge in [0.1, 0.15) is 0 Å². The predicted octanol–water partition coefficient (Wildman–Crippen LogP) is 4.54. The average molecular weight is 344 g/mol. The lowest BCUT2D eigenvalue weighted by Gasteiger charge is -2.23. The second-order valence-electron chi connectivity index (χ2n) is 3.05. The van der Waals surface area contributed by atoms with E-state index in [1.165, 1.54) is 0 Å². The van der Waals surface area contributed by atoms with Crippen LogP contribution < -0.4 is 0 Å². The summed E-state index contributed by atoms with van der Waals surface area (Å²) in [6, 6.07) is -3.12. The summed E-state index contributed by atoms with van der Waals surface area (Å²) < 4.78 is 75.5. The van der Waals surface area contributed by atoms with Gasteiger partial charge in [0, 0.05) is 6.61 Å². The van der Waals surface area contributed by atoms with Gasteiger partial charge in [0.05, 0.1) is 0 Å². The van der Waals surface area contributed by atoms with Crippen molar-refractivity contribution in [1.82, 2.24) is 0 Å². The Morgan fingerprint density at radius 2 is 1.35 bits per heavy atom. The highest BCUT2D eigenvalue weighted by Gasteiger charge is 2.57. The highest BCUT2D eigenvalue weighted by atomic mass is 35.8. The van der Waals surface area contributed by atoms with E-state index in [0.717, 1.165) is 0 Å². The summed E-state index contributed by atoms with van der Waals surface area (Å²) in [6.45, 7) is -0.773.